The Morgan fingerprint density at radius 2 is 1.90 bits per heavy atom. The summed E-state index contributed by atoms with van der Waals surface area (Å²) in [7, 11) is 1.62. The highest BCUT2D eigenvalue weighted by molar-refractivity contribution is 6.42. The molecule has 3 nitrogen and oxygen atoms in total. The van der Waals surface area contributed by atoms with Crippen molar-refractivity contribution in [2.75, 3.05) is 12.4 Å². The topological polar surface area (TPSA) is 38.3 Å². The summed E-state index contributed by atoms with van der Waals surface area (Å²) < 4.78 is 5.20. The molecule has 0 fully saturated rings. The highest BCUT2D eigenvalue weighted by atomic mass is 35.5. The Morgan fingerprint density at radius 1 is 1.14 bits per heavy atom. The molecule has 0 heterocycles. The van der Waals surface area contributed by atoms with Crippen LogP contribution in [0.3, 0.4) is 0 Å². The maximum absolute atomic E-state index is 12.0. The lowest BCUT2D eigenvalue weighted by Gasteiger charge is -2.09. The van der Waals surface area contributed by atoms with Gasteiger partial charge in [0.1, 0.15) is 5.75 Å². The first-order chi connectivity index (χ1) is 9.99. The molecule has 21 heavy (non-hydrogen) atoms. The van der Waals surface area contributed by atoms with Gasteiger partial charge in [-0.1, -0.05) is 35.3 Å². The van der Waals surface area contributed by atoms with E-state index in [2.05, 4.69) is 5.32 Å². The molecular weight excluding hydrogens is 309 g/mol. The molecule has 0 saturated carbocycles. The van der Waals surface area contributed by atoms with Crippen LogP contribution in [0.5, 0.6) is 5.75 Å². The number of ether oxygens (including phenoxy) is 1. The van der Waals surface area contributed by atoms with Crippen LogP contribution < -0.4 is 10.1 Å². The van der Waals surface area contributed by atoms with Crippen molar-refractivity contribution in [1.82, 2.24) is 0 Å². The van der Waals surface area contributed by atoms with E-state index in [0.29, 0.717) is 15.7 Å². The van der Waals surface area contributed by atoms with Crippen molar-refractivity contribution in [3.8, 4) is 5.75 Å². The first-order valence-electron chi connectivity index (χ1n) is 6.38. The monoisotopic (exact) mass is 323 g/mol. The number of benzene rings is 2. The zero-order valence-corrected chi connectivity index (χ0v) is 13.3. The van der Waals surface area contributed by atoms with Gasteiger partial charge in [0.2, 0.25) is 5.91 Å². The van der Waals surface area contributed by atoms with Crippen molar-refractivity contribution < 1.29 is 9.53 Å². The summed E-state index contributed by atoms with van der Waals surface area (Å²) in [6, 6.07) is 10.7. The summed E-state index contributed by atoms with van der Waals surface area (Å²) in [5.74, 6) is 0.696. The van der Waals surface area contributed by atoms with Crippen molar-refractivity contribution in [2.24, 2.45) is 0 Å². The van der Waals surface area contributed by atoms with Crippen LogP contribution in [0, 0.1) is 6.92 Å². The summed E-state index contributed by atoms with van der Waals surface area (Å²) in [5, 5.41) is 3.66. The number of amides is 1. The van der Waals surface area contributed by atoms with Crippen molar-refractivity contribution in [3.63, 3.8) is 0 Å². The zero-order chi connectivity index (χ0) is 15.4. The molecule has 0 radical (unpaired) electrons. The van der Waals surface area contributed by atoms with Gasteiger partial charge in [0.15, 0.2) is 0 Å². The minimum absolute atomic E-state index is 0.113. The van der Waals surface area contributed by atoms with Crippen LogP contribution in [-0.2, 0) is 11.2 Å². The maximum atomic E-state index is 12.0. The molecule has 0 aliphatic rings. The SMILES string of the molecule is COc1ccc(CC(=O)Nc2ccc(Cl)c(Cl)c2)cc1C. The Bertz CT molecular complexity index is 671. The fraction of sp³-hybridized carbons (Fsp3) is 0.188. The average Bonchev–Trinajstić information content (AvgIpc) is 2.43. The second-order valence-electron chi connectivity index (χ2n) is 4.66. The lowest BCUT2D eigenvalue weighted by atomic mass is 10.1. The Kier molecular flexibility index (Phi) is 5.10. The summed E-state index contributed by atoms with van der Waals surface area (Å²) in [4.78, 5) is 12.0. The molecule has 1 amide bonds. The number of aryl methyl sites for hydroxylation is 1. The minimum Gasteiger partial charge on any atom is -0.496 e. The number of hydrogen-bond donors (Lipinski definition) is 1. The lowest BCUT2D eigenvalue weighted by Crippen LogP contribution is -2.14. The third kappa shape index (κ3) is 4.13. The number of rotatable bonds is 4. The van der Waals surface area contributed by atoms with E-state index in [1.54, 1.807) is 25.3 Å². The molecule has 0 bridgehead atoms. The number of hydrogen-bond acceptors (Lipinski definition) is 2. The number of methoxy groups -OCH3 is 1. The largest absolute Gasteiger partial charge is 0.496 e. The van der Waals surface area contributed by atoms with Crippen LogP contribution in [0.15, 0.2) is 36.4 Å². The van der Waals surface area contributed by atoms with Crippen LogP contribution in [0.1, 0.15) is 11.1 Å². The maximum Gasteiger partial charge on any atom is 0.228 e. The van der Waals surface area contributed by atoms with E-state index in [-0.39, 0.29) is 12.3 Å². The highest BCUT2D eigenvalue weighted by Crippen LogP contribution is 2.25. The molecule has 110 valence electrons. The molecule has 2 rings (SSSR count). The Morgan fingerprint density at radius 3 is 2.52 bits per heavy atom. The third-order valence-electron chi connectivity index (χ3n) is 3.03. The summed E-state index contributed by atoms with van der Waals surface area (Å²) in [6.45, 7) is 1.94. The van der Waals surface area contributed by atoms with Gasteiger partial charge in [0, 0.05) is 5.69 Å². The van der Waals surface area contributed by atoms with E-state index in [0.717, 1.165) is 16.9 Å². The molecule has 0 aliphatic carbocycles. The van der Waals surface area contributed by atoms with Gasteiger partial charge in [-0.25, -0.2) is 0 Å². The number of anilines is 1. The van der Waals surface area contributed by atoms with Crippen LogP contribution in [-0.4, -0.2) is 13.0 Å². The van der Waals surface area contributed by atoms with E-state index in [4.69, 9.17) is 27.9 Å². The predicted molar refractivity (Wildman–Crippen MR) is 86.5 cm³/mol. The van der Waals surface area contributed by atoms with Gasteiger partial charge >= 0.3 is 0 Å². The average molecular weight is 324 g/mol. The molecular formula is C16H15Cl2NO2. The Hall–Kier alpha value is -1.71. The third-order valence-corrected chi connectivity index (χ3v) is 3.77. The van der Waals surface area contributed by atoms with Crippen LogP contribution in [0.25, 0.3) is 0 Å². The zero-order valence-electron chi connectivity index (χ0n) is 11.7. The second-order valence-corrected chi connectivity index (χ2v) is 5.47. The standard InChI is InChI=1S/C16H15Cl2NO2/c1-10-7-11(3-6-15(10)21-2)8-16(20)19-12-4-5-13(17)14(18)9-12/h3-7,9H,8H2,1-2H3,(H,19,20). The Labute approximate surface area is 133 Å². The van der Waals surface area contributed by atoms with Gasteiger partial charge in [0.05, 0.1) is 23.6 Å². The molecule has 2 aromatic carbocycles. The van der Waals surface area contributed by atoms with E-state index in [1.807, 2.05) is 25.1 Å². The second kappa shape index (κ2) is 6.83. The predicted octanol–water partition coefficient (Wildman–Crippen LogP) is 4.49. The van der Waals surface area contributed by atoms with Gasteiger partial charge in [-0.05, 0) is 42.3 Å². The quantitative estimate of drug-likeness (QED) is 0.900. The van der Waals surface area contributed by atoms with Crippen LogP contribution in [0.4, 0.5) is 5.69 Å². The van der Waals surface area contributed by atoms with E-state index < -0.39 is 0 Å². The summed E-state index contributed by atoms with van der Waals surface area (Å²) in [5.41, 5.74) is 2.54. The normalized spacial score (nSPS) is 10.3. The molecule has 5 heteroatoms. The van der Waals surface area contributed by atoms with Crippen LogP contribution in [0.2, 0.25) is 10.0 Å². The van der Waals surface area contributed by atoms with Gasteiger partial charge < -0.3 is 10.1 Å². The van der Waals surface area contributed by atoms with Gasteiger partial charge in [-0.2, -0.15) is 0 Å². The molecule has 0 aliphatic heterocycles. The fourth-order valence-corrected chi connectivity index (χ4v) is 2.31. The van der Waals surface area contributed by atoms with Gasteiger partial charge in [-0.15, -0.1) is 0 Å². The number of nitrogens with one attached hydrogen (secondary N) is 1. The van der Waals surface area contributed by atoms with Gasteiger partial charge in [0.25, 0.3) is 0 Å². The molecule has 2 aromatic rings. The van der Waals surface area contributed by atoms with Crippen molar-refractivity contribution >= 4 is 34.8 Å². The highest BCUT2D eigenvalue weighted by Gasteiger charge is 2.07. The number of halogens is 2. The lowest BCUT2D eigenvalue weighted by molar-refractivity contribution is -0.115. The minimum atomic E-state index is -0.113. The molecule has 0 aromatic heterocycles. The number of carbonyl (C=O) groups excluding carboxylic acids is 1. The van der Waals surface area contributed by atoms with E-state index >= 15 is 0 Å². The van der Waals surface area contributed by atoms with Crippen molar-refractivity contribution in [1.29, 1.82) is 0 Å². The number of carbonyl (C=O) groups is 1. The first kappa shape index (κ1) is 15.7. The molecule has 0 spiro atoms. The summed E-state index contributed by atoms with van der Waals surface area (Å²) in [6.07, 6.45) is 0.283. The summed E-state index contributed by atoms with van der Waals surface area (Å²) >= 11 is 11.8. The smallest absolute Gasteiger partial charge is 0.228 e. The molecule has 0 atom stereocenters. The molecule has 0 saturated heterocycles. The van der Waals surface area contributed by atoms with Crippen molar-refractivity contribution in [3.05, 3.63) is 57.6 Å². The van der Waals surface area contributed by atoms with Crippen LogP contribution >= 0.6 is 23.2 Å². The van der Waals surface area contributed by atoms with E-state index in [9.17, 15) is 4.79 Å². The fourth-order valence-electron chi connectivity index (χ4n) is 2.01. The van der Waals surface area contributed by atoms with E-state index in [1.165, 1.54) is 0 Å². The first-order valence-corrected chi connectivity index (χ1v) is 7.13. The van der Waals surface area contributed by atoms with Gasteiger partial charge in [-0.3, -0.25) is 4.79 Å². The molecule has 1 N–H and O–H groups in total. The Balaban J connectivity index is 2.04. The van der Waals surface area contributed by atoms with Crippen molar-refractivity contribution in [2.45, 2.75) is 13.3 Å². The molecule has 0 unspecified atom stereocenters.